The van der Waals surface area contributed by atoms with Crippen molar-refractivity contribution in [2.45, 2.75) is 44.7 Å². The first-order valence-electron chi connectivity index (χ1n) is 9.13. The maximum Gasteiger partial charge on any atom is 0.317 e. The van der Waals surface area contributed by atoms with Crippen LogP contribution < -0.4 is 19.7 Å². The predicted octanol–water partition coefficient (Wildman–Crippen LogP) is 2.39. The van der Waals surface area contributed by atoms with Crippen molar-refractivity contribution >= 4 is 17.6 Å². The van der Waals surface area contributed by atoms with Crippen molar-refractivity contribution in [3.05, 3.63) is 18.2 Å². The van der Waals surface area contributed by atoms with Gasteiger partial charge in [0.05, 0.1) is 20.3 Å². The summed E-state index contributed by atoms with van der Waals surface area (Å²) in [6.07, 6.45) is 3.55. The zero-order valence-electron chi connectivity index (χ0n) is 15.7. The van der Waals surface area contributed by atoms with Gasteiger partial charge >= 0.3 is 6.03 Å². The van der Waals surface area contributed by atoms with Crippen LogP contribution >= 0.6 is 0 Å². The Kier molecular flexibility index (Phi) is 5.54. The molecule has 0 spiro atoms. The number of benzene rings is 1. The summed E-state index contributed by atoms with van der Waals surface area (Å²) in [6.45, 7) is 3.32. The molecule has 0 aromatic heterocycles. The Labute approximate surface area is 154 Å². The molecule has 0 saturated carbocycles. The second kappa shape index (κ2) is 7.85. The number of piperidine rings is 1. The van der Waals surface area contributed by atoms with Crippen LogP contribution in [0.3, 0.4) is 0 Å². The number of nitrogens with one attached hydrogen (secondary N) is 1. The van der Waals surface area contributed by atoms with Crippen LogP contribution in [0, 0.1) is 0 Å². The first-order valence-corrected chi connectivity index (χ1v) is 9.13. The van der Waals surface area contributed by atoms with Crippen LogP contribution in [0.25, 0.3) is 0 Å². The van der Waals surface area contributed by atoms with Crippen molar-refractivity contribution in [1.82, 2.24) is 10.2 Å². The van der Waals surface area contributed by atoms with E-state index in [0.29, 0.717) is 24.5 Å². The number of methoxy groups -OCH3 is 2. The molecular weight excluding hydrogens is 334 g/mol. The van der Waals surface area contributed by atoms with Crippen LogP contribution in [0.15, 0.2) is 18.2 Å². The van der Waals surface area contributed by atoms with E-state index < -0.39 is 0 Å². The Balaban J connectivity index is 1.66. The van der Waals surface area contributed by atoms with Crippen LogP contribution in [0.1, 0.15) is 32.6 Å². The fourth-order valence-electron chi connectivity index (χ4n) is 3.70. The molecular formula is C19H27N3O4. The minimum Gasteiger partial charge on any atom is -0.493 e. The van der Waals surface area contributed by atoms with Gasteiger partial charge in [-0.2, -0.15) is 0 Å². The Morgan fingerprint density at radius 2 is 1.96 bits per heavy atom. The molecule has 3 rings (SSSR count). The fourth-order valence-corrected chi connectivity index (χ4v) is 3.70. The molecule has 2 atom stereocenters. The van der Waals surface area contributed by atoms with Gasteiger partial charge in [-0.25, -0.2) is 4.79 Å². The van der Waals surface area contributed by atoms with Gasteiger partial charge in [0.15, 0.2) is 11.5 Å². The number of rotatable bonds is 4. The minimum atomic E-state index is -0.183. The molecule has 2 heterocycles. The number of likely N-dealkylation sites (tertiary alicyclic amines) is 1. The summed E-state index contributed by atoms with van der Waals surface area (Å²) in [6, 6.07) is 5.40. The molecule has 1 N–H and O–H groups in total. The summed E-state index contributed by atoms with van der Waals surface area (Å²) >= 11 is 0. The van der Waals surface area contributed by atoms with Gasteiger partial charge in [-0.15, -0.1) is 0 Å². The number of amides is 3. The van der Waals surface area contributed by atoms with E-state index >= 15 is 0 Å². The molecule has 3 amide bonds. The van der Waals surface area contributed by atoms with E-state index in [1.54, 1.807) is 31.3 Å². The minimum absolute atomic E-state index is 0.00536. The average Bonchev–Trinajstić information content (AvgIpc) is 3.01. The van der Waals surface area contributed by atoms with Gasteiger partial charge in [-0.05, 0) is 38.3 Å². The van der Waals surface area contributed by atoms with Crippen LogP contribution in [0.4, 0.5) is 10.5 Å². The molecule has 0 unspecified atom stereocenters. The van der Waals surface area contributed by atoms with Crippen molar-refractivity contribution in [2.24, 2.45) is 0 Å². The van der Waals surface area contributed by atoms with E-state index in [1.165, 1.54) is 6.42 Å². The van der Waals surface area contributed by atoms with E-state index in [0.717, 1.165) is 25.1 Å². The van der Waals surface area contributed by atoms with Gasteiger partial charge in [0.2, 0.25) is 5.91 Å². The Morgan fingerprint density at radius 1 is 1.19 bits per heavy atom. The van der Waals surface area contributed by atoms with E-state index in [2.05, 4.69) is 12.2 Å². The summed E-state index contributed by atoms with van der Waals surface area (Å²) < 4.78 is 10.6. The molecule has 2 aliphatic rings. The number of nitrogens with zero attached hydrogens (tertiary/aromatic N) is 2. The van der Waals surface area contributed by atoms with E-state index in [4.69, 9.17) is 9.47 Å². The lowest BCUT2D eigenvalue weighted by Crippen LogP contribution is -2.50. The topological polar surface area (TPSA) is 71.1 Å². The second-order valence-corrected chi connectivity index (χ2v) is 6.93. The molecule has 2 fully saturated rings. The highest BCUT2D eigenvalue weighted by Crippen LogP contribution is 2.33. The quantitative estimate of drug-likeness (QED) is 0.894. The number of urea groups is 1. The van der Waals surface area contributed by atoms with Crippen molar-refractivity contribution in [3.63, 3.8) is 0 Å². The molecule has 2 aliphatic heterocycles. The Morgan fingerprint density at radius 3 is 2.65 bits per heavy atom. The third-order valence-corrected chi connectivity index (χ3v) is 5.20. The highest BCUT2D eigenvalue weighted by atomic mass is 16.5. The summed E-state index contributed by atoms with van der Waals surface area (Å²) in [7, 11) is 3.14. The third-order valence-electron chi connectivity index (χ3n) is 5.20. The van der Waals surface area contributed by atoms with Crippen LogP contribution in [0.2, 0.25) is 0 Å². The average molecular weight is 361 g/mol. The lowest BCUT2D eigenvalue weighted by molar-refractivity contribution is -0.117. The number of hydrogen-bond donors (Lipinski definition) is 1. The summed E-state index contributed by atoms with van der Waals surface area (Å²) in [5.41, 5.74) is 0.746. The number of carbonyl (C=O) groups excluding carboxylic acids is 2. The van der Waals surface area contributed by atoms with Gasteiger partial charge < -0.3 is 24.6 Å². The normalized spacial score (nSPS) is 23.1. The lowest BCUT2D eigenvalue weighted by Gasteiger charge is -2.34. The first kappa shape index (κ1) is 18.4. The molecule has 2 saturated heterocycles. The van der Waals surface area contributed by atoms with Gasteiger partial charge in [-0.1, -0.05) is 0 Å². The number of carbonyl (C=O) groups is 2. The standard InChI is InChI=1S/C19H27N3O4/c1-13-6-4-5-9-21(13)19(24)20-14-10-18(23)22(12-14)15-7-8-16(25-2)17(11-15)26-3/h7-8,11,13-14H,4-6,9-10,12H2,1-3H3,(H,20,24)/t13-,14+/m0/s1. The largest absolute Gasteiger partial charge is 0.493 e. The second-order valence-electron chi connectivity index (χ2n) is 6.93. The lowest BCUT2D eigenvalue weighted by atomic mass is 10.0. The monoisotopic (exact) mass is 361 g/mol. The van der Waals surface area contributed by atoms with Crippen LogP contribution in [-0.4, -0.2) is 56.2 Å². The van der Waals surface area contributed by atoms with Crippen molar-refractivity contribution in [3.8, 4) is 11.5 Å². The zero-order valence-corrected chi connectivity index (χ0v) is 15.7. The highest BCUT2D eigenvalue weighted by molar-refractivity contribution is 5.97. The SMILES string of the molecule is COc1ccc(N2C[C@H](NC(=O)N3CCCC[C@@H]3C)CC2=O)cc1OC. The van der Waals surface area contributed by atoms with Gasteiger partial charge in [0.25, 0.3) is 0 Å². The number of anilines is 1. The molecule has 142 valence electrons. The zero-order chi connectivity index (χ0) is 18.7. The smallest absolute Gasteiger partial charge is 0.317 e. The molecule has 0 radical (unpaired) electrons. The molecule has 1 aromatic rings. The third kappa shape index (κ3) is 3.71. The molecule has 7 nitrogen and oxygen atoms in total. The molecule has 26 heavy (non-hydrogen) atoms. The van der Waals surface area contributed by atoms with Crippen molar-refractivity contribution < 1.29 is 19.1 Å². The summed E-state index contributed by atoms with van der Waals surface area (Å²) in [4.78, 5) is 28.6. The number of hydrogen-bond acceptors (Lipinski definition) is 4. The van der Waals surface area contributed by atoms with E-state index in [1.807, 2.05) is 11.0 Å². The van der Waals surface area contributed by atoms with E-state index in [-0.39, 0.29) is 24.0 Å². The Hall–Kier alpha value is -2.44. The highest BCUT2D eigenvalue weighted by Gasteiger charge is 2.34. The van der Waals surface area contributed by atoms with Crippen LogP contribution in [0.5, 0.6) is 11.5 Å². The van der Waals surface area contributed by atoms with Crippen molar-refractivity contribution in [2.75, 3.05) is 32.2 Å². The molecule has 0 bridgehead atoms. The maximum atomic E-state index is 12.5. The number of ether oxygens (including phenoxy) is 2. The Bertz CT molecular complexity index is 679. The summed E-state index contributed by atoms with van der Waals surface area (Å²) in [5.74, 6) is 1.19. The predicted molar refractivity (Wildman–Crippen MR) is 98.9 cm³/mol. The van der Waals surface area contributed by atoms with E-state index in [9.17, 15) is 9.59 Å². The maximum absolute atomic E-state index is 12.5. The van der Waals surface area contributed by atoms with Crippen molar-refractivity contribution in [1.29, 1.82) is 0 Å². The van der Waals surface area contributed by atoms with Crippen LogP contribution in [-0.2, 0) is 4.79 Å². The fraction of sp³-hybridized carbons (Fsp3) is 0.579. The molecule has 1 aromatic carbocycles. The molecule has 0 aliphatic carbocycles. The summed E-state index contributed by atoms with van der Waals surface area (Å²) in [5, 5.41) is 3.03. The van der Waals surface area contributed by atoms with Gasteiger partial charge in [0.1, 0.15) is 0 Å². The first-order chi connectivity index (χ1) is 12.5. The molecule has 7 heteroatoms. The van der Waals surface area contributed by atoms with Gasteiger partial charge in [0, 0.05) is 37.3 Å². The van der Waals surface area contributed by atoms with Gasteiger partial charge in [-0.3, -0.25) is 4.79 Å².